The molecule has 1 aromatic carbocycles. The SMILES string of the molecule is O[C@H]1CCC[C@@H]1Oc1cccc(Cl)c1Cl. The van der Waals surface area contributed by atoms with Crippen LogP contribution < -0.4 is 4.74 Å². The maximum atomic E-state index is 9.61. The van der Waals surface area contributed by atoms with Gasteiger partial charge in [-0.25, -0.2) is 0 Å². The van der Waals surface area contributed by atoms with Gasteiger partial charge in [0.1, 0.15) is 16.9 Å². The predicted molar refractivity (Wildman–Crippen MR) is 60.7 cm³/mol. The Hall–Kier alpha value is -0.440. The van der Waals surface area contributed by atoms with Gasteiger partial charge in [-0.15, -0.1) is 0 Å². The number of benzene rings is 1. The monoisotopic (exact) mass is 246 g/mol. The van der Waals surface area contributed by atoms with Gasteiger partial charge in [-0.05, 0) is 31.4 Å². The highest BCUT2D eigenvalue weighted by molar-refractivity contribution is 6.42. The number of halogens is 2. The molecule has 4 heteroatoms. The van der Waals surface area contributed by atoms with E-state index in [1.807, 2.05) is 0 Å². The zero-order valence-electron chi connectivity index (χ0n) is 8.12. The Morgan fingerprint density at radius 3 is 2.73 bits per heavy atom. The molecule has 0 unspecified atom stereocenters. The largest absolute Gasteiger partial charge is 0.486 e. The van der Waals surface area contributed by atoms with Crippen molar-refractivity contribution in [2.75, 3.05) is 0 Å². The van der Waals surface area contributed by atoms with Crippen LogP contribution in [0.5, 0.6) is 5.75 Å². The zero-order valence-corrected chi connectivity index (χ0v) is 9.63. The van der Waals surface area contributed by atoms with Gasteiger partial charge in [0, 0.05) is 0 Å². The minimum absolute atomic E-state index is 0.152. The Morgan fingerprint density at radius 2 is 2.07 bits per heavy atom. The lowest BCUT2D eigenvalue weighted by atomic mass is 10.2. The van der Waals surface area contributed by atoms with Crippen LogP contribution in [-0.4, -0.2) is 17.3 Å². The molecule has 2 rings (SSSR count). The van der Waals surface area contributed by atoms with Gasteiger partial charge >= 0.3 is 0 Å². The van der Waals surface area contributed by atoms with E-state index < -0.39 is 0 Å². The van der Waals surface area contributed by atoms with Crippen molar-refractivity contribution in [3.63, 3.8) is 0 Å². The molecule has 0 aliphatic heterocycles. The molecule has 1 aliphatic carbocycles. The van der Waals surface area contributed by atoms with Gasteiger partial charge in [0.05, 0.1) is 11.1 Å². The van der Waals surface area contributed by atoms with E-state index in [0.29, 0.717) is 15.8 Å². The van der Waals surface area contributed by atoms with Crippen LogP contribution in [0.1, 0.15) is 19.3 Å². The summed E-state index contributed by atoms with van der Waals surface area (Å²) in [4.78, 5) is 0. The van der Waals surface area contributed by atoms with Gasteiger partial charge in [0.25, 0.3) is 0 Å². The molecule has 0 bridgehead atoms. The van der Waals surface area contributed by atoms with Gasteiger partial charge in [-0.3, -0.25) is 0 Å². The van der Waals surface area contributed by atoms with E-state index in [1.165, 1.54) is 0 Å². The molecule has 0 saturated heterocycles. The number of rotatable bonds is 2. The molecule has 2 atom stereocenters. The minimum Gasteiger partial charge on any atom is -0.486 e. The second-order valence-corrected chi connectivity index (χ2v) is 4.49. The van der Waals surface area contributed by atoms with E-state index in [-0.39, 0.29) is 12.2 Å². The first-order valence-electron chi connectivity index (χ1n) is 4.97. The third-order valence-corrected chi connectivity index (χ3v) is 3.41. The molecule has 1 aliphatic rings. The fraction of sp³-hybridized carbons (Fsp3) is 0.455. The number of hydrogen-bond acceptors (Lipinski definition) is 2. The van der Waals surface area contributed by atoms with Crippen molar-refractivity contribution in [3.05, 3.63) is 28.2 Å². The van der Waals surface area contributed by atoms with Gasteiger partial charge in [0.15, 0.2) is 0 Å². The van der Waals surface area contributed by atoms with Crippen molar-refractivity contribution in [3.8, 4) is 5.75 Å². The summed E-state index contributed by atoms with van der Waals surface area (Å²) in [5, 5.41) is 10.5. The van der Waals surface area contributed by atoms with E-state index in [9.17, 15) is 5.11 Å². The maximum absolute atomic E-state index is 9.61. The van der Waals surface area contributed by atoms with Crippen LogP contribution in [0.15, 0.2) is 18.2 Å². The quantitative estimate of drug-likeness (QED) is 0.868. The summed E-state index contributed by atoms with van der Waals surface area (Å²) in [6.07, 6.45) is 2.11. The molecule has 1 aromatic rings. The molecule has 1 N–H and O–H groups in total. The standard InChI is InChI=1S/C11H12Cl2O2/c12-7-3-1-6-10(11(7)13)15-9-5-2-4-8(9)14/h1,3,6,8-9,14H,2,4-5H2/t8-,9-/m0/s1. The van der Waals surface area contributed by atoms with Gasteiger partial charge in [-0.1, -0.05) is 29.3 Å². The van der Waals surface area contributed by atoms with Crippen LogP contribution in [0.2, 0.25) is 10.0 Å². The second kappa shape index (κ2) is 4.60. The molecule has 0 spiro atoms. The average Bonchev–Trinajstić information content (AvgIpc) is 2.60. The molecular formula is C11H12Cl2O2. The lowest BCUT2D eigenvalue weighted by molar-refractivity contribution is 0.0605. The Bertz CT molecular complexity index is 354. The first-order valence-corrected chi connectivity index (χ1v) is 5.73. The Morgan fingerprint density at radius 1 is 1.27 bits per heavy atom. The number of aliphatic hydroxyl groups excluding tert-OH is 1. The molecular weight excluding hydrogens is 235 g/mol. The third kappa shape index (κ3) is 2.39. The number of hydrogen-bond donors (Lipinski definition) is 1. The molecule has 82 valence electrons. The molecule has 0 radical (unpaired) electrons. The zero-order chi connectivity index (χ0) is 10.8. The van der Waals surface area contributed by atoms with Crippen LogP contribution in [-0.2, 0) is 0 Å². The van der Waals surface area contributed by atoms with Crippen molar-refractivity contribution in [1.82, 2.24) is 0 Å². The maximum Gasteiger partial charge on any atom is 0.139 e. The van der Waals surface area contributed by atoms with Crippen molar-refractivity contribution in [2.24, 2.45) is 0 Å². The predicted octanol–water partition coefficient (Wildman–Crippen LogP) is 3.29. The highest BCUT2D eigenvalue weighted by Gasteiger charge is 2.27. The third-order valence-electron chi connectivity index (χ3n) is 2.61. The van der Waals surface area contributed by atoms with Crippen molar-refractivity contribution in [2.45, 2.75) is 31.5 Å². The summed E-state index contributed by atoms with van der Waals surface area (Å²) < 4.78 is 5.63. The summed E-state index contributed by atoms with van der Waals surface area (Å²) in [7, 11) is 0. The van der Waals surface area contributed by atoms with Crippen LogP contribution in [0.3, 0.4) is 0 Å². The summed E-state index contributed by atoms with van der Waals surface area (Å²) in [6.45, 7) is 0. The molecule has 15 heavy (non-hydrogen) atoms. The minimum atomic E-state index is -0.389. The normalized spacial score (nSPS) is 25.5. The van der Waals surface area contributed by atoms with Gasteiger partial charge < -0.3 is 9.84 Å². The molecule has 2 nitrogen and oxygen atoms in total. The summed E-state index contributed by atoms with van der Waals surface area (Å²) in [5.41, 5.74) is 0. The van der Waals surface area contributed by atoms with Crippen molar-refractivity contribution >= 4 is 23.2 Å². The van der Waals surface area contributed by atoms with Crippen LogP contribution in [0.4, 0.5) is 0 Å². The topological polar surface area (TPSA) is 29.5 Å². The van der Waals surface area contributed by atoms with Gasteiger partial charge in [-0.2, -0.15) is 0 Å². The van der Waals surface area contributed by atoms with Crippen molar-refractivity contribution < 1.29 is 9.84 Å². The van der Waals surface area contributed by atoms with E-state index in [0.717, 1.165) is 19.3 Å². The summed E-state index contributed by atoms with van der Waals surface area (Å²) in [5.74, 6) is 0.551. The van der Waals surface area contributed by atoms with Crippen molar-refractivity contribution in [1.29, 1.82) is 0 Å². The van der Waals surface area contributed by atoms with E-state index in [4.69, 9.17) is 27.9 Å². The molecule has 0 aromatic heterocycles. The van der Waals surface area contributed by atoms with Crippen LogP contribution in [0.25, 0.3) is 0 Å². The fourth-order valence-electron chi connectivity index (χ4n) is 1.78. The molecule has 0 heterocycles. The molecule has 0 amide bonds. The number of ether oxygens (including phenoxy) is 1. The lowest BCUT2D eigenvalue weighted by Gasteiger charge is -2.18. The second-order valence-electron chi connectivity index (χ2n) is 3.71. The summed E-state index contributed by atoms with van der Waals surface area (Å²) >= 11 is 11.8. The van der Waals surface area contributed by atoms with E-state index in [1.54, 1.807) is 18.2 Å². The Balaban J connectivity index is 2.13. The lowest BCUT2D eigenvalue weighted by Crippen LogP contribution is -2.25. The first kappa shape index (κ1) is 11.1. The van der Waals surface area contributed by atoms with E-state index >= 15 is 0 Å². The van der Waals surface area contributed by atoms with E-state index in [2.05, 4.69) is 0 Å². The Labute approximate surface area is 98.8 Å². The fourth-order valence-corrected chi connectivity index (χ4v) is 2.12. The van der Waals surface area contributed by atoms with Crippen LogP contribution >= 0.6 is 23.2 Å². The smallest absolute Gasteiger partial charge is 0.139 e. The summed E-state index contributed by atoms with van der Waals surface area (Å²) in [6, 6.07) is 5.26. The van der Waals surface area contributed by atoms with Crippen LogP contribution in [0, 0.1) is 0 Å². The average molecular weight is 247 g/mol. The number of aliphatic hydroxyl groups is 1. The highest BCUT2D eigenvalue weighted by Crippen LogP contribution is 2.34. The highest BCUT2D eigenvalue weighted by atomic mass is 35.5. The van der Waals surface area contributed by atoms with Gasteiger partial charge in [0.2, 0.25) is 0 Å². The first-order chi connectivity index (χ1) is 7.18. The molecule has 1 saturated carbocycles. The Kier molecular flexibility index (Phi) is 3.39. The molecule has 1 fully saturated rings.